The Labute approximate surface area is 252 Å². The molecule has 0 N–H and O–H groups in total. The van der Waals surface area contributed by atoms with Crippen LogP contribution in [0, 0.1) is 11.5 Å². The van der Waals surface area contributed by atoms with E-state index in [4.69, 9.17) is 0 Å². The maximum atomic E-state index is 3.16. The van der Waals surface area contributed by atoms with Crippen molar-refractivity contribution in [1.82, 2.24) is 0 Å². The van der Waals surface area contributed by atoms with Gasteiger partial charge < -0.3 is 0 Å². The minimum absolute atomic E-state index is 0.203. The second-order valence-corrected chi connectivity index (χ2v) is 14.6. The van der Waals surface area contributed by atoms with E-state index in [2.05, 4.69) is 151 Å². The normalized spacial score (nSPS) is 13.5. The molecule has 0 aliphatic heterocycles. The number of hydrogen-bond acceptors (Lipinski definition) is 0. The van der Waals surface area contributed by atoms with Crippen molar-refractivity contribution in [3.63, 3.8) is 0 Å². The van der Waals surface area contributed by atoms with Gasteiger partial charge in [-0.15, -0.1) is 46.2 Å². The van der Waals surface area contributed by atoms with Gasteiger partial charge in [0.2, 0.25) is 0 Å². The SMILES string of the molecule is CC(C)(C)C1=CC[C-]=C1.CC(C)(C)c1ccc2c(c1)[cH-]c1cc(C(C)(C)C)ccc12.[Zr+2]=[CH]Cc1ccccc1. The van der Waals surface area contributed by atoms with Gasteiger partial charge in [-0.25, -0.2) is 6.08 Å². The van der Waals surface area contributed by atoms with Crippen molar-refractivity contribution in [2.24, 2.45) is 5.41 Å². The molecule has 0 atom stereocenters. The van der Waals surface area contributed by atoms with E-state index in [0.717, 1.165) is 12.8 Å². The van der Waals surface area contributed by atoms with Crippen molar-refractivity contribution in [2.75, 3.05) is 0 Å². The van der Waals surface area contributed by atoms with Crippen molar-refractivity contribution >= 4 is 25.3 Å². The first-order valence-electron chi connectivity index (χ1n) is 14.1. The molecule has 0 nitrogen and oxygen atoms in total. The van der Waals surface area contributed by atoms with Crippen LogP contribution in [0.3, 0.4) is 0 Å². The summed E-state index contributed by atoms with van der Waals surface area (Å²) in [5.41, 5.74) is 6.37. The molecule has 0 heterocycles. The van der Waals surface area contributed by atoms with Gasteiger partial charge in [0.15, 0.2) is 0 Å². The predicted molar refractivity (Wildman–Crippen MR) is 171 cm³/mol. The molecule has 0 saturated heterocycles. The monoisotopic (exact) mass is 592 g/mol. The molecule has 0 aromatic heterocycles. The van der Waals surface area contributed by atoms with Gasteiger partial charge >= 0.3 is 70.3 Å². The van der Waals surface area contributed by atoms with Crippen LogP contribution in [0.25, 0.3) is 21.5 Å². The summed E-state index contributed by atoms with van der Waals surface area (Å²) in [4.78, 5) is 0. The molecule has 1 heteroatoms. The molecule has 0 radical (unpaired) electrons. The van der Waals surface area contributed by atoms with Gasteiger partial charge in [0.25, 0.3) is 0 Å². The average Bonchev–Trinajstić information content (AvgIpc) is 3.52. The van der Waals surface area contributed by atoms with E-state index in [1.165, 1.54) is 68.0 Å². The molecule has 0 unspecified atom stereocenters. The molecule has 1 aliphatic rings. The molecular weight excluding hydrogens is 548 g/mol. The van der Waals surface area contributed by atoms with E-state index in [1.54, 1.807) is 0 Å². The summed E-state index contributed by atoms with van der Waals surface area (Å²) in [6.45, 7) is 20.3. The van der Waals surface area contributed by atoms with Crippen LogP contribution >= 0.6 is 0 Å². The van der Waals surface area contributed by atoms with Crippen LogP contribution in [0.4, 0.5) is 0 Å². The summed E-state index contributed by atoms with van der Waals surface area (Å²) in [5, 5.41) is 5.48. The fourth-order valence-electron chi connectivity index (χ4n) is 4.61. The summed E-state index contributed by atoms with van der Waals surface area (Å²) in [6, 6.07) is 26.7. The first-order chi connectivity index (χ1) is 18.2. The van der Waals surface area contributed by atoms with E-state index in [-0.39, 0.29) is 10.8 Å². The molecule has 202 valence electrons. The van der Waals surface area contributed by atoms with Crippen LogP contribution in [-0.2, 0) is 41.5 Å². The summed E-state index contributed by atoms with van der Waals surface area (Å²) in [7, 11) is 0. The number of allylic oxidation sites excluding steroid dienone is 4. The third-order valence-electron chi connectivity index (χ3n) is 7.18. The molecule has 39 heavy (non-hydrogen) atoms. The molecule has 0 spiro atoms. The molecule has 5 rings (SSSR count). The van der Waals surface area contributed by atoms with Gasteiger partial charge in [-0.2, -0.15) is 11.6 Å². The Morgan fingerprint density at radius 1 is 0.718 bits per heavy atom. The van der Waals surface area contributed by atoms with Crippen molar-refractivity contribution in [3.05, 3.63) is 113 Å². The van der Waals surface area contributed by atoms with Crippen LogP contribution in [0.2, 0.25) is 0 Å². The van der Waals surface area contributed by atoms with Crippen molar-refractivity contribution in [1.29, 1.82) is 0 Å². The topological polar surface area (TPSA) is 0 Å². The van der Waals surface area contributed by atoms with Crippen LogP contribution < -0.4 is 0 Å². The maximum absolute atomic E-state index is 3.16. The van der Waals surface area contributed by atoms with Crippen LogP contribution in [0.5, 0.6) is 0 Å². The second-order valence-electron chi connectivity index (χ2n) is 13.6. The Kier molecular flexibility index (Phi) is 10.4. The van der Waals surface area contributed by atoms with Crippen LogP contribution in [-0.4, -0.2) is 3.71 Å². The molecule has 4 aromatic rings. The molecule has 0 amide bonds. The Hall–Kier alpha value is -2.24. The third-order valence-corrected chi connectivity index (χ3v) is 7.68. The van der Waals surface area contributed by atoms with Crippen LogP contribution in [0.1, 0.15) is 85.4 Å². The van der Waals surface area contributed by atoms with Gasteiger partial charge in [0.05, 0.1) is 0 Å². The van der Waals surface area contributed by atoms with E-state index < -0.39 is 0 Å². The molecule has 0 fully saturated rings. The van der Waals surface area contributed by atoms with Gasteiger partial charge in [-0.1, -0.05) is 103 Å². The van der Waals surface area contributed by atoms with E-state index >= 15 is 0 Å². The zero-order valence-corrected chi connectivity index (χ0v) is 28.0. The first kappa shape index (κ1) is 31.3. The fourth-order valence-corrected chi connectivity index (χ4v) is 5.19. The molecular formula is C38H46Zr. The quantitative estimate of drug-likeness (QED) is 0.203. The minimum atomic E-state index is 0.203. The fraction of sp³-hybridized carbons (Fsp3) is 0.368. The van der Waals surface area contributed by atoms with Gasteiger partial charge in [0.1, 0.15) is 0 Å². The molecule has 0 bridgehead atoms. The van der Waals surface area contributed by atoms with Crippen molar-refractivity contribution in [2.45, 2.75) is 86.0 Å². The number of benzene rings is 3. The Morgan fingerprint density at radius 3 is 1.59 bits per heavy atom. The van der Waals surface area contributed by atoms with Gasteiger partial charge in [-0.05, 0) is 10.8 Å². The van der Waals surface area contributed by atoms with Gasteiger partial charge in [0, 0.05) is 0 Å². The van der Waals surface area contributed by atoms with Crippen molar-refractivity contribution < 1.29 is 24.2 Å². The predicted octanol–water partition coefficient (Wildman–Crippen LogP) is 10.6. The summed E-state index contributed by atoms with van der Waals surface area (Å²) in [6.07, 6.45) is 9.63. The standard InChI is InChI=1S/C21H25.C9H13.C8H8.Zr/c1-20(2,3)16-7-9-18-14(12-16)11-15-13-17(21(4,5)6)8-10-19(15)18;1-9(2,3)8-6-4-5-7-8;1-2-8-6-4-3-5-7-8;/h7-13H,1-6H3;6-7H,4H2,1-3H3;1,3-7H,2H2;/q2*-1;;+2. The van der Waals surface area contributed by atoms with Crippen molar-refractivity contribution in [3.8, 4) is 0 Å². The molecule has 4 aromatic carbocycles. The van der Waals surface area contributed by atoms with Crippen LogP contribution in [0.15, 0.2) is 90.5 Å². The average molecular weight is 594 g/mol. The summed E-state index contributed by atoms with van der Waals surface area (Å²) >= 11 is 1.51. The Morgan fingerprint density at radius 2 is 1.23 bits per heavy atom. The number of fused-ring (bicyclic) bond motifs is 3. The Bertz CT molecular complexity index is 1370. The van der Waals surface area contributed by atoms with Gasteiger partial charge in [-0.3, -0.25) is 6.08 Å². The molecule has 1 aliphatic carbocycles. The van der Waals surface area contributed by atoms with E-state index in [9.17, 15) is 0 Å². The number of hydrogen-bond donors (Lipinski definition) is 0. The first-order valence-corrected chi connectivity index (χ1v) is 15.6. The zero-order valence-electron chi connectivity index (χ0n) is 25.6. The summed E-state index contributed by atoms with van der Waals surface area (Å²) in [5.74, 6) is 0. The second kappa shape index (κ2) is 13.0. The zero-order chi connectivity index (χ0) is 28.8. The Balaban J connectivity index is 0.000000192. The summed E-state index contributed by atoms with van der Waals surface area (Å²) < 4.78 is 2.25. The third kappa shape index (κ3) is 8.88. The molecule has 0 saturated carbocycles. The van der Waals surface area contributed by atoms with E-state index in [0.29, 0.717) is 5.41 Å². The number of rotatable bonds is 2. The van der Waals surface area contributed by atoms with E-state index in [1.807, 2.05) is 6.07 Å².